The molecule has 0 aromatic carbocycles. The first-order valence-electron chi connectivity index (χ1n) is 7.22. The van der Waals surface area contributed by atoms with E-state index in [1.165, 1.54) is 32.5 Å². The molecule has 0 bridgehead atoms. The molecule has 1 atom stereocenters. The molecule has 1 aliphatic rings. The third-order valence-corrected chi connectivity index (χ3v) is 4.13. The van der Waals surface area contributed by atoms with Crippen molar-refractivity contribution in [1.82, 2.24) is 9.88 Å². The maximum absolute atomic E-state index is 5.07. The maximum atomic E-state index is 5.07. The Morgan fingerprint density at radius 2 is 2.16 bits per heavy atom. The second-order valence-electron chi connectivity index (χ2n) is 5.29. The molecule has 0 radical (unpaired) electrons. The van der Waals surface area contributed by atoms with Gasteiger partial charge in [-0.15, -0.1) is 0 Å². The summed E-state index contributed by atoms with van der Waals surface area (Å²) in [5, 5.41) is 3.56. The van der Waals surface area contributed by atoms with Crippen molar-refractivity contribution in [3.63, 3.8) is 0 Å². The zero-order chi connectivity index (χ0) is 13.7. The predicted octanol–water partition coefficient (Wildman–Crippen LogP) is 2.62. The summed E-state index contributed by atoms with van der Waals surface area (Å²) in [6, 6.07) is 4.42. The van der Waals surface area contributed by atoms with Gasteiger partial charge in [-0.1, -0.05) is 6.92 Å². The van der Waals surface area contributed by atoms with Crippen LogP contribution in [-0.2, 0) is 0 Å². The van der Waals surface area contributed by atoms with Crippen molar-refractivity contribution >= 4 is 5.69 Å². The Kier molecular flexibility index (Phi) is 5.02. The highest BCUT2D eigenvalue weighted by atomic mass is 16.5. The molecule has 2 heterocycles. The summed E-state index contributed by atoms with van der Waals surface area (Å²) in [6.07, 6.45) is 4.41. The van der Waals surface area contributed by atoms with Gasteiger partial charge in [-0.05, 0) is 51.4 Å². The van der Waals surface area contributed by atoms with Gasteiger partial charge in [0.15, 0.2) is 0 Å². The molecule has 4 nitrogen and oxygen atoms in total. The third kappa shape index (κ3) is 3.83. The predicted molar refractivity (Wildman–Crippen MR) is 78.7 cm³/mol. The number of piperidine rings is 1. The van der Waals surface area contributed by atoms with E-state index >= 15 is 0 Å². The topological polar surface area (TPSA) is 37.4 Å². The van der Waals surface area contributed by atoms with Crippen LogP contribution < -0.4 is 10.1 Å². The molecule has 1 saturated heterocycles. The summed E-state index contributed by atoms with van der Waals surface area (Å²) >= 11 is 0. The van der Waals surface area contributed by atoms with Gasteiger partial charge in [0.25, 0.3) is 0 Å². The van der Waals surface area contributed by atoms with Gasteiger partial charge in [-0.3, -0.25) is 0 Å². The molecule has 0 spiro atoms. The van der Waals surface area contributed by atoms with Gasteiger partial charge in [0, 0.05) is 12.1 Å². The van der Waals surface area contributed by atoms with Gasteiger partial charge in [0.2, 0.25) is 5.88 Å². The van der Waals surface area contributed by atoms with Crippen LogP contribution in [-0.4, -0.2) is 42.7 Å². The van der Waals surface area contributed by atoms with E-state index in [1.54, 1.807) is 7.11 Å². The SMILES string of the molecule is CCN1CCC(C(C)Nc2ccc(OC)nc2)CC1. The summed E-state index contributed by atoms with van der Waals surface area (Å²) in [5.74, 6) is 1.42. The van der Waals surface area contributed by atoms with Gasteiger partial charge in [0.05, 0.1) is 19.0 Å². The number of anilines is 1. The fourth-order valence-corrected chi connectivity index (χ4v) is 2.74. The number of nitrogens with zero attached hydrogens (tertiary/aromatic N) is 2. The van der Waals surface area contributed by atoms with Crippen LogP contribution in [0, 0.1) is 5.92 Å². The first kappa shape index (κ1) is 14.1. The Morgan fingerprint density at radius 3 is 2.68 bits per heavy atom. The van der Waals surface area contributed by atoms with Crippen LogP contribution in [0.4, 0.5) is 5.69 Å². The van der Waals surface area contributed by atoms with Gasteiger partial charge >= 0.3 is 0 Å². The van der Waals surface area contributed by atoms with Gasteiger partial charge < -0.3 is 15.0 Å². The lowest BCUT2D eigenvalue weighted by Crippen LogP contribution is -2.39. The highest BCUT2D eigenvalue weighted by Gasteiger charge is 2.22. The molecule has 1 aliphatic heterocycles. The van der Waals surface area contributed by atoms with E-state index in [-0.39, 0.29) is 0 Å². The molecule has 2 rings (SSSR count). The lowest BCUT2D eigenvalue weighted by molar-refractivity contribution is 0.183. The molecule has 1 aromatic heterocycles. The van der Waals surface area contributed by atoms with Crippen molar-refractivity contribution in [3.8, 4) is 5.88 Å². The minimum atomic E-state index is 0.495. The van der Waals surface area contributed by atoms with Crippen molar-refractivity contribution in [1.29, 1.82) is 0 Å². The number of aromatic nitrogens is 1. The molecule has 1 unspecified atom stereocenters. The number of hydrogen-bond donors (Lipinski definition) is 1. The van der Waals surface area contributed by atoms with Crippen LogP contribution in [0.1, 0.15) is 26.7 Å². The molecule has 1 fully saturated rings. The van der Waals surface area contributed by atoms with Crippen LogP contribution in [0.25, 0.3) is 0 Å². The van der Waals surface area contributed by atoms with Crippen molar-refractivity contribution < 1.29 is 4.74 Å². The van der Waals surface area contributed by atoms with Crippen LogP contribution in [0.5, 0.6) is 5.88 Å². The molecular formula is C15H25N3O. The maximum Gasteiger partial charge on any atom is 0.213 e. The van der Waals surface area contributed by atoms with Crippen LogP contribution >= 0.6 is 0 Å². The monoisotopic (exact) mass is 263 g/mol. The van der Waals surface area contributed by atoms with E-state index < -0.39 is 0 Å². The normalized spacial score (nSPS) is 19.1. The Morgan fingerprint density at radius 1 is 1.42 bits per heavy atom. The first-order valence-corrected chi connectivity index (χ1v) is 7.22. The first-order chi connectivity index (χ1) is 9.22. The molecular weight excluding hydrogens is 238 g/mol. The number of methoxy groups -OCH3 is 1. The summed E-state index contributed by atoms with van der Waals surface area (Å²) in [5.41, 5.74) is 1.08. The second kappa shape index (κ2) is 6.75. The molecule has 1 N–H and O–H groups in total. The Bertz CT molecular complexity index is 371. The average molecular weight is 263 g/mol. The smallest absolute Gasteiger partial charge is 0.213 e. The highest BCUT2D eigenvalue weighted by Crippen LogP contribution is 2.23. The lowest BCUT2D eigenvalue weighted by atomic mass is 9.90. The van der Waals surface area contributed by atoms with E-state index in [1.807, 2.05) is 18.3 Å². The minimum Gasteiger partial charge on any atom is -0.481 e. The number of ether oxygens (including phenoxy) is 1. The molecule has 0 saturated carbocycles. The van der Waals surface area contributed by atoms with Crippen molar-refractivity contribution in [2.24, 2.45) is 5.92 Å². The van der Waals surface area contributed by atoms with Crippen LogP contribution in [0.15, 0.2) is 18.3 Å². The largest absolute Gasteiger partial charge is 0.481 e. The summed E-state index contributed by atoms with van der Waals surface area (Å²) in [7, 11) is 1.64. The number of nitrogens with one attached hydrogen (secondary N) is 1. The van der Waals surface area contributed by atoms with Crippen molar-refractivity contribution in [2.75, 3.05) is 32.1 Å². The molecule has 0 amide bonds. The zero-order valence-corrected chi connectivity index (χ0v) is 12.2. The van der Waals surface area contributed by atoms with Crippen LogP contribution in [0.3, 0.4) is 0 Å². The standard InChI is InChI=1S/C15H25N3O/c1-4-18-9-7-13(8-10-18)12(2)17-14-5-6-15(19-3)16-11-14/h5-6,11-13,17H,4,7-10H2,1-3H3. The molecule has 19 heavy (non-hydrogen) atoms. The Hall–Kier alpha value is -1.29. The average Bonchev–Trinajstić information content (AvgIpc) is 2.48. The highest BCUT2D eigenvalue weighted by molar-refractivity contribution is 5.42. The summed E-state index contributed by atoms with van der Waals surface area (Å²) < 4.78 is 5.07. The fraction of sp³-hybridized carbons (Fsp3) is 0.667. The molecule has 1 aromatic rings. The van der Waals surface area contributed by atoms with Gasteiger partial charge in [-0.25, -0.2) is 4.98 Å². The van der Waals surface area contributed by atoms with Gasteiger partial charge in [-0.2, -0.15) is 0 Å². The number of hydrogen-bond acceptors (Lipinski definition) is 4. The molecule has 0 aliphatic carbocycles. The van der Waals surface area contributed by atoms with Gasteiger partial charge in [0.1, 0.15) is 0 Å². The van der Waals surface area contributed by atoms with E-state index in [4.69, 9.17) is 4.74 Å². The van der Waals surface area contributed by atoms with E-state index in [0.29, 0.717) is 11.9 Å². The number of likely N-dealkylation sites (tertiary alicyclic amines) is 1. The Balaban J connectivity index is 1.84. The quantitative estimate of drug-likeness (QED) is 0.886. The van der Waals surface area contributed by atoms with Crippen molar-refractivity contribution in [3.05, 3.63) is 18.3 Å². The Labute approximate surface area is 116 Å². The fourth-order valence-electron chi connectivity index (χ4n) is 2.74. The van der Waals surface area contributed by atoms with Crippen LogP contribution in [0.2, 0.25) is 0 Å². The third-order valence-electron chi connectivity index (χ3n) is 4.13. The molecule has 4 heteroatoms. The number of rotatable bonds is 5. The molecule has 106 valence electrons. The van der Waals surface area contributed by atoms with Crippen molar-refractivity contribution in [2.45, 2.75) is 32.7 Å². The second-order valence-corrected chi connectivity index (χ2v) is 5.29. The van der Waals surface area contributed by atoms with E-state index in [2.05, 4.69) is 29.0 Å². The summed E-state index contributed by atoms with van der Waals surface area (Å²) in [4.78, 5) is 6.75. The number of pyridine rings is 1. The zero-order valence-electron chi connectivity index (χ0n) is 12.2. The summed E-state index contributed by atoms with van der Waals surface area (Å²) in [6.45, 7) is 8.15. The van der Waals surface area contributed by atoms with E-state index in [0.717, 1.165) is 11.6 Å². The minimum absolute atomic E-state index is 0.495. The van der Waals surface area contributed by atoms with E-state index in [9.17, 15) is 0 Å². The lowest BCUT2D eigenvalue weighted by Gasteiger charge is -2.34.